The van der Waals surface area contributed by atoms with E-state index in [1.54, 1.807) is 24.3 Å². The molecular formula is C14H11BrClF2N. The van der Waals surface area contributed by atoms with Gasteiger partial charge in [0.1, 0.15) is 11.6 Å². The average Bonchev–Trinajstić information content (AvgIpc) is 2.38. The molecule has 0 radical (unpaired) electrons. The third-order valence-corrected chi connectivity index (χ3v) is 3.61. The Morgan fingerprint density at radius 1 is 1.21 bits per heavy atom. The van der Waals surface area contributed by atoms with E-state index in [4.69, 9.17) is 17.3 Å². The average molecular weight is 347 g/mol. The van der Waals surface area contributed by atoms with Gasteiger partial charge in [0.25, 0.3) is 0 Å². The summed E-state index contributed by atoms with van der Waals surface area (Å²) in [6, 6.07) is 8.58. The molecular weight excluding hydrogens is 336 g/mol. The van der Waals surface area contributed by atoms with E-state index in [9.17, 15) is 8.78 Å². The Morgan fingerprint density at radius 3 is 2.68 bits per heavy atom. The molecule has 0 fully saturated rings. The first-order valence-corrected chi connectivity index (χ1v) is 6.79. The highest BCUT2D eigenvalue weighted by molar-refractivity contribution is 9.10. The van der Waals surface area contributed by atoms with E-state index >= 15 is 0 Å². The van der Waals surface area contributed by atoms with Gasteiger partial charge < -0.3 is 5.73 Å². The molecule has 1 unspecified atom stereocenters. The van der Waals surface area contributed by atoms with Crippen LogP contribution >= 0.6 is 27.5 Å². The lowest BCUT2D eigenvalue weighted by Crippen LogP contribution is -2.16. The predicted molar refractivity (Wildman–Crippen MR) is 76.1 cm³/mol. The van der Waals surface area contributed by atoms with Crippen LogP contribution in [0.4, 0.5) is 8.78 Å². The largest absolute Gasteiger partial charge is 0.324 e. The minimum absolute atomic E-state index is 0.0411. The van der Waals surface area contributed by atoms with Gasteiger partial charge in [0.05, 0.1) is 5.02 Å². The second-order valence-electron chi connectivity index (χ2n) is 4.19. The van der Waals surface area contributed by atoms with Gasteiger partial charge in [-0.1, -0.05) is 39.7 Å². The van der Waals surface area contributed by atoms with Crippen molar-refractivity contribution in [3.63, 3.8) is 0 Å². The van der Waals surface area contributed by atoms with E-state index in [1.807, 2.05) is 0 Å². The molecule has 0 heterocycles. The molecule has 0 bridgehead atoms. The SMILES string of the molecule is NC(Cc1cccc(Cl)c1F)c1cc(Br)ccc1F. The molecule has 0 aliphatic carbocycles. The van der Waals surface area contributed by atoms with E-state index in [0.717, 1.165) is 4.47 Å². The minimum Gasteiger partial charge on any atom is -0.324 e. The van der Waals surface area contributed by atoms with Gasteiger partial charge in [0.15, 0.2) is 0 Å². The summed E-state index contributed by atoms with van der Waals surface area (Å²) in [5.41, 5.74) is 6.66. The van der Waals surface area contributed by atoms with Crippen molar-refractivity contribution in [1.29, 1.82) is 0 Å². The van der Waals surface area contributed by atoms with Crippen molar-refractivity contribution in [2.24, 2.45) is 5.73 Å². The van der Waals surface area contributed by atoms with Crippen LogP contribution in [0.2, 0.25) is 5.02 Å². The Labute approximate surface area is 123 Å². The molecule has 0 aliphatic heterocycles. The monoisotopic (exact) mass is 345 g/mol. The van der Waals surface area contributed by atoms with Gasteiger partial charge >= 0.3 is 0 Å². The van der Waals surface area contributed by atoms with Crippen LogP contribution < -0.4 is 5.73 Å². The summed E-state index contributed by atoms with van der Waals surface area (Å²) >= 11 is 8.96. The molecule has 2 N–H and O–H groups in total. The van der Waals surface area contributed by atoms with Crippen molar-refractivity contribution in [2.75, 3.05) is 0 Å². The quantitative estimate of drug-likeness (QED) is 0.862. The lowest BCUT2D eigenvalue weighted by Gasteiger charge is -2.14. The molecule has 0 amide bonds. The number of rotatable bonds is 3. The molecule has 0 saturated heterocycles. The molecule has 2 rings (SSSR count). The van der Waals surface area contributed by atoms with E-state index in [1.165, 1.54) is 12.1 Å². The van der Waals surface area contributed by atoms with Gasteiger partial charge in [-0.15, -0.1) is 0 Å². The Kier molecular flexibility index (Phi) is 4.55. The number of hydrogen-bond acceptors (Lipinski definition) is 1. The van der Waals surface area contributed by atoms with Crippen LogP contribution in [-0.2, 0) is 6.42 Å². The van der Waals surface area contributed by atoms with Crippen molar-refractivity contribution in [3.8, 4) is 0 Å². The Hall–Kier alpha value is -0.970. The Morgan fingerprint density at radius 2 is 1.95 bits per heavy atom. The first-order chi connectivity index (χ1) is 8.99. The van der Waals surface area contributed by atoms with Crippen LogP contribution in [0, 0.1) is 11.6 Å². The Bertz CT molecular complexity index is 604. The molecule has 0 saturated carbocycles. The minimum atomic E-state index is -0.634. The maximum absolute atomic E-state index is 13.8. The van der Waals surface area contributed by atoms with Gasteiger partial charge in [0, 0.05) is 16.1 Å². The summed E-state index contributed by atoms with van der Waals surface area (Å²) in [5.74, 6) is -0.909. The van der Waals surface area contributed by atoms with E-state index in [2.05, 4.69) is 15.9 Å². The lowest BCUT2D eigenvalue weighted by atomic mass is 9.99. The smallest absolute Gasteiger partial charge is 0.145 e. The second kappa shape index (κ2) is 5.99. The summed E-state index contributed by atoms with van der Waals surface area (Å²) in [7, 11) is 0. The van der Waals surface area contributed by atoms with Crippen LogP contribution in [0.15, 0.2) is 40.9 Å². The van der Waals surface area contributed by atoms with Crippen LogP contribution in [0.5, 0.6) is 0 Å². The van der Waals surface area contributed by atoms with Crippen molar-refractivity contribution >= 4 is 27.5 Å². The maximum atomic E-state index is 13.8. The van der Waals surface area contributed by atoms with Gasteiger partial charge in [-0.25, -0.2) is 8.78 Å². The van der Waals surface area contributed by atoms with Crippen molar-refractivity contribution in [2.45, 2.75) is 12.5 Å². The topological polar surface area (TPSA) is 26.0 Å². The fraction of sp³-hybridized carbons (Fsp3) is 0.143. The standard InChI is InChI=1S/C14H11BrClF2N/c15-9-4-5-12(17)10(7-9)13(19)6-8-2-1-3-11(16)14(8)18/h1-5,7,13H,6,19H2. The number of benzene rings is 2. The second-order valence-corrected chi connectivity index (χ2v) is 5.51. The number of nitrogens with two attached hydrogens (primary N) is 1. The zero-order chi connectivity index (χ0) is 14.0. The highest BCUT2D eigenvalue weighted by atomic mass is 79.9. The molecule has 2 aromatic rings. The fourth-order valence-corrected chi connectivity index (χ4v) is 2.42. The predicted octanol–water partition coefficient (Wildman–Crippen LogP) is 4.62. The third kappa shape index (κ3) is 3.32. The summed E-state index contributed by atoms with van der Waals surface area (Å²) in [6.07, 6.45) is 0.180. The van der Waals surface area contributed by atoms with Crippen LogP contribution in [0.25, 0.3) is 0 Å². The summed E-state index contributed by atoms with van der Waals surface area (Å²) in [5, 5.41) is 0.0411. The van der Waals surface area contributed by atoms with E-state index < -0.39 is 17.7 Å². The fourth-order valence-electron chi connectivity index (χ4n) is 1.85. The first kappa shape index (κ1) is 14.4. The normalized spacial score (nSPS) is 12.5. The lowest BCUT2D eigenvalue weighted by molar-refractivity contribution is 0.563. The number of hydrogen-bond donors (Lipinski definition) is 1. The van der Waals surface area contributed by atoms with Crippen LogP contribution in [0.1, 0.15) is 17.2 Å². The molecule has 1 atom stereocenters. The Balaban J connectivity index is 2.28. The van der Waals surface area contributed by atoms with E-state index in [0.29, 0.717) is 11.1 Å². The molecule has 1 nitrogen and oxygen atoms in total. The highest BCUT2D eigenvalue weighted by Gasteiger charge is 2.15. The van der Waals surface area contributed by atoms with Gasteiger partial charge in [-0.05, 0) is 36.2 Å². The summed E-state index contributed by atoms with van der Waals surface area (Å²) < 4.78 is 28.2. The van der Waals surface area contributed by atoms with Gasteiger partial charge in [-0.2, -0.15) is 0 Å². The third-order valence-electron chi connectivity index (χ3n) is 2.83. The van der Waals surface area contributed by atoms with Crippen molar-refractivity contribution in [1.82, 2.24) is 0 Å². The molecule has 0 aromatic heterocycles. The highest BCUT2D eigenvalue weighted by Crippen LogP contribution is 2.25. The van der Waals surface area contributed by atoms with Crippen LogP contribution in [-0.4, -0.2) is 0 Å². The molecule has 2 aromatic carbocycles. The van der Waals surface area contributed by atoms with Crippen molar-refractivity contribution in [3.05, 3.63) is 68.7 Å². The first-order valence-electron chi connectivity index (χ1n) is 5.62. The number of halogens is 4. The summed E-state index contributed by atoms with van der Waals surface area (Å²) in [4.78, 5) is 0. The van der Waals surface area contributed by atoms with E-state index in [-0.39, 0.29) is 11.4 Å². The van der Waals surface area contributed by atoms with Crippen LogP contribution in [0.3, 0.4) is 0 Å². The van der Waals surface area contributed by atoms with Gasteiger partial charge in [0.2, 0.25) is 0 Å². The van der Waals surface area contributed by atoms with Gasteiger partial charge in [-0.3, -0.25) is 0 Å². The summed E-state index contributed by atoms with van der Waals surface area (Å²) in [6.45, 7) is 0. The molecule has 0 aliphatic rings. The molecule has 5 heteroatoms. The molecule has 0 spiro atoms. The molecule has 100 valence electrons. The zero-order valence-electron chi connectivity index (χ0n) is 9.84. The zero-order valence-corrected chi connectivity index (χ0v) is 12.2. The maximum Gasteiger partial charge on any atom is 0.145 e. The molecule has 19 heavy (non-hydrogen) atoms. The van der Waals surface area contributed by atoms with Crippen molar-refractivity contribution < 1.29 is 8.78 Å².